The highest BCUT2D eigenvalue weighted by atomic mass is 16.5. The van der Waals surface area contributed by atoms with Crippen molar-refractivity contribution in [3.63, 3.8) is 0 Å². The number of nitrogens with zero attached hydrogens (tertiary/aromatic N) is 3. The summed E-state index contributed by atoms with van der Waals surface area (Å²) in [6.07, 6.45) is 3.00. The molecule has 0 spiro atoms. The smallest absolute Gasteiger partial charge is 0.160 e. The average Bonchev–Trinajstić information content (AvgIpc) is 2.72. The molecule has 0 radical (unpaired) electrons. The van der Waals surface area contributed by atoms with Crippen LogP contribution in [0.4, 0.5) is 0 Å². The first-order chi connectivity index (χ1) is 8.72. The van der Waals surface area contributed by atoms with E-state index in [9.17, 15) is 0 Å². The van der Waals surface area contributed by atoms with E-state index in [0.29, 0.717) is 6.54 Å². The van der Waals surface area contributed by atoms with Gasteiger partial charge in [-0.05, 0) is 32.4 Å². The lowest BCUT2D eigenvalue weighted by Crippen LogP contribution is -2.12. The Hall–Kier alpha value is -1.46. The maximum atomic E-state index is 5.72. The fourth-order valence-corrected chi connectivity index (χ4v) is 1.94. The maximum Gasteiger partial charge on any atom is 0.160 e. The van der Waals surface area contributed by atoms with Gasteiger partial charge in [-0.15, -0.1) is 0 Å². The predicted octanol–water partition coefficient (Wildman–Crippen LogP) is 1.71. The zero-order valence-corrected chi connectivity index (χ0v) is 11.0. The summed E-state index contributed by atoms with van der Waals surface area (Å²) >= 11 is 0. The fourth-order valence-electron chi connectivity index (χ4n) is 1.94. The number of hydrogen-bond acceptors (Lipinski definition) is 4. The largest absolute Gasteiger partial charge is 0.379 e. The second kappa shape index (κ2) is 5.93. The summed E-state index contributed by atoms with van der Waals surface area (Å²) in [6, 6.07) is 3.85. The van der Waals surface area contributed by atoms with Gasteiger partial charge in [-0.3, -0.25) is 0 Å². The van der Waals surface area contributed by atoms with Gasteiger partial charge in [0.15, 0.2) is 5.65 Å². The van der Waals surface area contributed by atoms with E-state index in [1.165, 1.54) is 0 Å². The Kier molecular flexibility index (Phi) is 4.28. The van der Waals surface area contributed by atoms with Crippen molar-refractivity contribution in [2.45, 2.75) is 39.5 Å². The maximum absolute atomic E-state index is 5.72. The minimum Gasteiger partial charge on any atom is -0.379 e. The minimum absolute atomic E-state index is 0.275. The second-order valence-electron chi connectivity index (χ2n) is 4.50. The predicted molar refractivity (Wildman–Crippen MR) is 71.1 cm³/mol. The van der Waals surface area contributed by atoms with Crippen LogP contribution in [0.3, 0.4) is 0 Å². The molecule has 2 rings (SSSR count). The van der Waals surface area contributed by atoms with Crippen LogP contribution in [-0.4, -0.2) is 27.2 Å². The zero-order valence-electron chi connectivity index (χ0n) is 11.0. The van der Waals surface area contributed by atoms with Crippen LogP contribution in [0.5, 0.6) is 0 Å². The molecule has 2 aromatic heterocycles. The van der Waals surface area contributed by atoms with Gasteiger partial charge in [0.05, 0.1) is 12.6 Å². The Morgan fingerprint density at radius 3 is 3.00 bits per heavy atom. The van der Waals surface area contributed by atoms with E-state index in [4.69, 9.17) is 10.5 Å². The van der Waals surface area contributed by atoms with Crippen molar-refractivity contribution in [1.82, 2.24) is 14.5 Å². The van der Waals surface area contributed by atoms with Crippen molar-refractivity contribution in [2.75, 3.05) is 6.61 Å². The van der Waals surface area contributed by atoms with Gasteiger partial charge in [-0.25, -0.2) is 9.97 Å². The van der Waals surface area contributed by atoms with Crippen LogP contribution < -0.4 is 5.73 Å². The summed E-state index contributed by atoms with van der Waals surface area (Å²) in [7, 11) is 0. The molecule has 0 amide bonds. The highest BCUT2D eigenvalue weighted by Crippen LogP contribution is 2.13. The molecule has 18 heavy (non-hydrogen) atoms. The lowest BCUT2D eigenvalue weighted by Gasteiger charge is -2.09. The third kappa shape index (κ3) is 2.86. The summed E-state index contributed by atoms with van der Waals surface area (Å²) < 4.78 is 7.62. The number of nitrogens with two attached hydrogens (primary N) is 1. The number of aryl methyl sites for hydroxylation is 1. The normalized spacial score (nSPS) is 11.6. The average molecular weight is 248 g/mol. The first-order valence-electron chi connectivity index (χ1n) is 6.34. The van der Waals surface area contributed by atoms with E-state index in [2.05, 4.69) is 14.5 Å². The second-order valence-corrected chi connectivity index (χ2v) is 4.50. The lowest BCUT2D eigenvalue weighted by atomic mass is 10.4. The Bertz CT molecular complexity index is 507. The Balaban J connectivity index is 2.10. The van der Waals surface area contributed by atoms with Crippen LogP contribution >= 0.6 is 0 Å². The molecule has 0 saturated carbocycles. The number of rotatable bonds is 6. The molecule has 5 nitrogen and oxygen atoms in total. The molecule has 2 aromatic rings. The van der Waals surface area contributed by atoms with Crippen LogP contribution in [0.25, 0.3) is 11.2 Å². The molecule has 98 valence electrons. The third-order valence-electron chi connectivity index (χ3n) is 2.74. The summed E-state index contributed by atoms with van der Waals surface area (Å²) in [5.41, 5.74) is 7.53. The van der Waals surface area contributed by atoms with Crippen LogP contribution in [0.1, 0.15) is 26.1 Å². The van der Waals surface area contributed by atoms with Crippen molar-refractivity contribution in [2.24, 2.45) is 5.73 Å². The molecule has 2 heterocycles. The van der Waals surface area contributed by atoms with Crippen molar-refractivity contribution < 1.29 is 4.74 Å². The molecule has 0 atom stereocenters. The van der Waals surface area contributed by atoms with Crippen LogP contribution in [0, 0.1) is 0 Å². The number of ether oxygens (including phenoxy) is 1. The van der Waals surface area contributed by atoms with E-state index in [0.717, 1.165) is 36.6 Å². The van der Waals surface area contributed by atoms with Crippen LogP contribution in [0.15, 0.2) is 18.3 Å². The zero-order chi connectivity index (χ0) is 13.0. The molecule has 2 N–H and O–H groups in total. The number of pyridine rings is 1. The molecule has 0 bridgehead atoms. The Morgan fingerprint density at radius 1 is 1.44 bits per heavy atom. The SMILES string of the molecule is CC(C)OCCCn1c(CN)nc2cccnc21. The molecule has 0 fully saturated rings. The summed E-state index contributed by atoms with van der Waals surface area (Å²) in [5, 5.41) is 0. The van der Waals surface area contributed by atoms with E-state index in [-0.39, 0.29) is 6.10 Å². The van der Waals surface area contributed by atoms with Gasteiger partial charge in [0.25, 0.3) is 0 Å². The van der Waals surface area contributed by atoms with Gasteiger partial charge in [-0.1, -0.05) is 0 Å². The molecular weight excluding hydrogens is 228 g/mol. The minimum atomic E-state index is 0.275. The third-order valence-corrected chi connectivity index (χ3v) is 2.74. The Morgan fingerprint density at radius 2 is 2.28 bits per heavy atom. The molecule has 0 aromatic carbocycles. The van der Waals surface area contributed by atoms with Crippen molar-refractivity contribution in [3.05, 3.63) is 24.2 Å². The molecule has 0 saturated heterocycles. The van der Waals surface area contributed by atoms with E-state index in [1.807, 2.05) is 26.0 Å². The van der Waals surface area contributed by atoms with Gasteiger partial charge in [0, 0.05) is 19.3 Å². The summed E-state index contributed by atoms with van der Waals surface area (Å²) in [5.74, 6) is 0.883. The van der Waals surface area contributed by atoms with Crippen LogP contribution in [0.2, 0.25) is 0 Å². The topological polar surface area (TPSA) is 66.0 Å². The molecule has 5 heteroatoms. The number of fused-ring (bicyclic) bond motifs is 1. The van der Waals surface area contributed by atoms with Crippen molar-refractivity contribution in [3.8, 4) is 0 Å². The molecule has 0 aliphatic carbocycles. The first kappa shape index (κ1) is 13.0. The van der Waals surface area contributed by atoms with Crippen molar-refractivity contribution >= 4 is 11.2 Å². The van der Waals surface area contributed by atoms with Gasteiger partial charge in [-0.2, -0.15) is 0 Å². The molecular formula is C13H20N4O. The number of imidazole rings is 1. The highest BCUT2D eigenvalue weighted by Gasteiger charge is 2.09. The Labute approximate surface area is 107 Å². The van der Waals surface area contributed by atoms with Gasteiger partial charge in [0.2, 0.25) is 0 Å². The first-order valence-corrected chi connectivity index (χ1v) is 6.34. The summed E-state index contributed by atoms with van der Waals surface area (Å²) in [6.45, 7) is 6.10. The highest BCUT2D eigenvalue weighted by molar-refractivity contribution is 5.71. The van der Waals surface area contributed by atoms with Gasteiger partial charge in [0.1, 0.15) is 11.3 Å². The summed E-state index contributed by atoms with van der Waals surface area (Å²) in [4.78, 5) is 8.85. The molecule has 0 aliphatic rings. The number of hydrogen-bond donors (Lipinski definition) is 1. The van der Waals surface area contributed by atoms with Gasteiger partial charge >= 0.3 is 0 Å². The van der Waals surface area contributed by atoms with E-state index < -0.39 is 0 Å². The molecule has 0 unspecified atom stereocenters. The van der Waals surface area contributed by atoms with Crippen LogP contribution in [-0.2, 0) is 17.8 Å². The van der Waals surface area contributed by atoms with Gasteiger partial charge < -0.3 is 15.0 Å². The molecule has 0 aliphatic heterocycles. The lowest BCUT2D eigenvalue weighted by molar-refractivity contribution is 0.0749. The van der Waals surface area contributed by atoms with Crippen molar-refractivity contribution in [1.29, 1.82) is 0 Å². The van der Waals surface area contributed by atoms with E-state index in [1.54, 1.807) is 6.20 Å². The van der Waals surface area contributed by atoms with E-state index >= 15 is 0 Å². The quantitative estimate of drug-likeness (QED) is 0.790. The monoisotopic (exact) mass is 248 g/mol. The standard InChI is InChI=1S/C13H20N4O/c1-10(2)18-8-4-7-17-12(9-14)16-11-5-3-6-15-13(11)17/h3,5-6,10H,4,7-9,14H2,1-2H3. The number of aromatic nitrogens is 3. The fraction of sp³-hybridized carbons (Fsp3) is 0.538.